The van der Waals surface area contributed by atoms with Gasteiger partial charge in [0.1, 0.15) is 0 Å². The Morgan fingerprint density at radius 1 is 1.29 bits per heavy atom. The standard InChI is InChI=1S/C12H25NO/c1-6-7-10(4)11(5)13-12(8-14)9(2)3/h8-11,13-14H,6-7H2,1-5H3/b12-8+. The van der Waals surface area contributed by atoms with Crippen molar-refractivity contribution in [1.29, 1.82) is 0 Å². The van der Waals surface area contributed by atoms with Crippen LogP contribution in [-0.2, 0) is 0 Å². The summed E-state index contributed by atoms with van der Waals surface area (Å²) < 4.78 is 0. The molecule has 0 aliphatic carbocycles. The van der Waals surface area contributed by atoms with Crippen LogP contribution in [-0.4, -0.2) is 11.1 Å². The van der Waals surface area contributed by atoms with E-state index in [4.69, 9.17) is 5.11 Å². The zero-order valence-corrected chi connectivity index (χ0v) is 10.2. The molecule has 84 valence electrons. The first-order valence-electron chi connectivity index (χ1n) is 5.63. The smallest absolute Gasteiger partial charge is 0.0983 e. The molecule has 2 unspecified atom stereocenters. The lowest BCUT2D eigenvalue weighted by Crippen LogP contribution is -2.33. The largest absolute Gasteiger partial charge is 0.514 e. The van der Waals surface area contributed by atoms with E-state index in [1.165, 1.54) is 19.1 Å². The second-order valence-corrected chi connectivity index (χ2v) is 4.44. The molecule has 0 bridgehead atoms. The molecule has 0 saturated carbocycles. The Hall–Kier alpha value is -0.660. The second kappa shape index (κ2) is 6.74. The van der Waals surface area contributed by atoms with E-state index in [9.17, 15) is 0 Å². The van der Waals surface area contributed by atoms with Crippen LogP contribution >= 0.6 is 0 Å². The highest BCUT2D eigenvalue weighted by Crippen LogP contribution is 2.14. The third-order valence-electron chi connectivity index (χ3n) is 2.75. The highest BCUT2D eigenvalue weighted by atomic mass is 16.2. The van der Waals surface area contributed by atoms with Crippen LogP contribution in [0.2, 0.25) is 0 Å². The van der Waals surface area contributed by atoms with Crippen molar-refractivity contribution in [1.82, 2.24) is 5.32 Å². The fraction of sp³-hybridized carbons (Fsp3) is 0.833. The summed E-state index contributed by atoms with van der Waals surface area (Å²) in [5.41, 5.74) is 0.931. The van der Waals surface area contributed by atoms with E-state index in [2.05, 4.69) is 39.9 Å². The molecule has 0 rings (SSSR count). The summed E-state index contributed by atoms with van der Waals surface area (Å²) in [7, 11) is 0. The minimum atomic E-state index is 0.358. The molecule has 0 aromatic heterocycles. The van der Waals surface area contributed by atoms with Gasteiger partial charge in [-0.25, -0.2) is 0 Å². The molecule has 0 aromatic rings. The number of aliphatic hydroxyl groups excluding tert-OH is 1. The van der Waals surface area contributed by atoms with E-state index in [1.807, 2.05) is 0 Å². The van der Waals surface area contributed by atoms with E-state index in [-0.39, 0.29) is 0 Å². The van der Waals surface area contributed by atoms with Crippen molar-refractivity contribution in [3.8, 4) is 0 Å². The SMILES string of the molecule is CCCC(C)C(C)N/C(=C/O)C(C)C. The topological polar surface area (TPSA) is 32.3 Å². The monoisotopic (exact) mass is 199 g/mol. The van der Waals surface area contributed by atoms with Gasteiger partial charge in [-0.3, -0.25) is 0 Å². The molecule has 0 amide bonds. The van der Waals surface area contributed by atoms with E-state index in [0.717, 1.165) is 5.70 Å². The normalized spacial score (nSPS) is 16.9. The number of hydrogen-bond acceptors (Lipinski definition) is 2. The number of hydrogen-bond donors (Lipinski definition) is 2. The van der Waals surface area contributed by atoms with Crippen LogP contribution in [0.3, 0.4) is 0 Å². The lowest BCUT2D eigenvalue weighted by atomic mass is 9.97. The van der Waals surface area contributed by atoms with Crippen LogP contribution in [0.5, 0.6) is 0 Å². The van der Waals surface area contributed by atoms with Crippen LogP contribution in [0.25, 0.3) is 0 Å². The number of aliphatic hydroxyl groups is 1. The molecule has 0 aliphatic rings. The van der Waals surface area contributed by atoms with Crippen LogP contribution in [0.4, 0.5) is 0 Å². The van der Waals surface area contributed by atoms with Crippen LogP contribution in [0.1, 0.15) is 47.5 Å². The van der Waals surface area contributed by atoms with Gasteiger partial charge in [-0.2, -0.15) is 0 Å². The van der Waals surface area contributed by atoms with Gasteiger partial charge in [-0.05, 0) is 25.2 Å². The zero-order chi connectivity index (χ0) is 11.1. The van der Waals surface area contributed by atoms with Gasteiger partial charge in [0.2, 0.25) is 0 Å². The van der Waals surface area contributed by atoms with Crippen molar-refractivity contribution in [2.75, 3.05) is 0 Å². The molecule has 2 nitrogen and oxygen atoms in total. The van der Waals surface area contributed by atoms with Gasteiger partial charge in [-0.1, -0.05) is 34.1 Å². The molecule has 0 aromatic carbocycles. The third-order valence-corrected chi connectivity index (χ3v) is 2.75. The molecule has 0 fully saturated rings. The highest BCUT2D eigenvalue weighted by molar-refractivity contribution is 4.99. The van der Waals surface area contributed by atoms with Crippen LogP contribution < -0.4 is 5.32 Å². The molecule has 0 heterocycles. The van der Waals surface area contributed by atoms with E-state index in [0.29, 0.717) is 17.9 Å². The van der Waals surface area contributed by atoms with Crippen molar-refractivity contribution in [2.24, 2.45) is 11.8 Å². The molecule has 0 spiro atoms. The van der Waals surface area contributed by atoms with Crippen LogP contribution in [0.15, 0.2) is 12.0 Å². The summed E-state index contributed by atoms with van der Waals surface area (Å²) in [6.45, 7) is 10.8. The first-order valence-corrected chi connectivity index (χ1v) is 5.63. The zero-order valence-electron chi connectivity index (χ0n) is 10.2. The van der Waals surface area contributed by atoms with E-state index >= 15 is 0 Å². The number of allylic oxidation sites excluding steroid dienone is 1. The van der Waals surface area contributed by atoms with Gasteiger partial charge in [0.25, 0.3) is 0 Å². The first-order chi connectivity index (χ1) is 6.52. The minimum Gasteiger partial charge on any atom is -0.514 e. The summed E-state index contributed by atoms with van der Waals surface area (Å²) in [6, 6.07) is 0.427. The average Bonchev–Trinajstić information content (AvgIpc) is 2.13. The summed E-state index contributed by atoms with van der Waals surface area (Å²) in [4.78, 5) is 0. The van der Waals surface area contributed by atoms with Crippen molar-refractivity contribution in [3.05, 3.63) is 12.0 Å². The summed E-state index contributed by atoms with van der Waals surface area (Å²) in [5, 5.41) is 12.4. The molecule has 14 heavy (non-hydrogen) atoms. The van der Waals surface area contributed by atoms with E-state index in [1.54, 1.807) is 0 Å². The quantitative estimate of drug-likeness (QED) is 0.642. The van der Waals surface area contributed by atoms with Gasteiger partial charge < -0.3 is 10.4 Å². The van der Waals surface area contributed by atoms with Gasteiger partial charge in [0, 0.05) is 11.7 Å². The van der Waals surface area contributed by atoms with Crippen molar-refractivity contribution >= 4 is 0 Å². The second-order valence-electron chi connectivity index (χ2n) is 4.44. The third kappa shape index (κ3) is 4.54. The molecular weight excluding hydrogens is 174 g/mol. The van der Waals surface area contributed by atoms with Gasteiger partial charge in [-0.15, -0.1) is 0 Å². The Morgan fingerprint density at radius 3 is 2.21 bits per heavy atom. The Bertz CT molecular complexity index is 175. The molecule has 0 saturated heterocycles. The molecule has 2 atom stereocenters. The predicted molar refractivity (Wildman–Crippen MR) is 62.2 cm³/mol. The van der Waals surface area contributed by atoms with Gasteiger partial charge >= 0.3 is 0 Å². The number of nitrogens with one attached hydrogen (secondary N) is 1. The fourth-order valence-corrected chi connectivity index (χ4v) is 1.46. The van der Waals surface area contributed by atoms with Crippen molar-refractivity contribution < 1.29 is 5.11 Å². The molecule has 2 N–H and O–H groups in total. The molecule has 0 aliphatic heterocycles. The van der Waals surface area contributed by atoms with Crippen molar-refractivity contribution in [3.63, 3.8) is 0 Å². The fourth-order valence-electron chi connectivity index (χ4n) is 1.46. The maximum Gasteiger partial charge on any atom is 0.0983 e. The lowest BCUT2D eigenvalue weighted by Gasteiger charge is -2.24. The van der Waals surface area contributed by atoms with Crippen LogP contribution in [0, 0.1) is 11.8 Å². The van der Waals surface area contributed by atoms with E-state index < -0.39 is 0 Å². The summed E-state index contributed by atoms with van der Waals surface area (Å²) >= 11 is 0. The molecule has 0 radical (unpaired) electrons. The minimum absolute atomic E-state index is 0.358. The first kappa shape index (κ1) is 13.3. The lowest BCUT2D eigenvalue weighted by molar-refractivity contribution is 0.373. The number of rotatable bonds is 6. The maximum absolute atomic E-state index is 9.03. The Balaban J connectivity index is 4.09. The highest BCUT2D eigenvalue weighted by Gasteiger charge is 2.13. The summed E-state index contributed by atoms with van der Waals surface area (Å²) in [5.74, 6) is 1.00. The Kier molecular flexibility index (Phi) is 6.43. The average molecular weight is 199 g/mol. The van der Waals surface area contributed by atoms with Gasteiger partial charge in [0.05, 0.1) is 6.26 Å². The Labute approximate surface area is 88.4 Å². The molecular formula is C12H25NO. The summed E-state index contributed by atoms with van der Waals surface area (Å²) in [6.07, 6.45) is 3.64. The van der Waals surface area contributed by atoms with Gasteiger partial charge in [0.15, 0.2) is 0 Å². The maximum atomic E-state index is 9.03. The predicted octanol–water partition coefficient (Wildman–Crippen LogP) is 3.46. The van der Waals surface area contributed by atoms with Crippen molar-refractivity contribution in [2.45, 2.75) is 53.5 Å². The molecule has 2 heteroatoms. The Morgan fingerprint density at radius 2 is 1.86 bits per heavy atom.